The van der Waals surface area contributed by atoms with E-state index in [1.165, 1.54) is 0 Å². The lowest BCUT2D eigenvalue weighted by atomic mass is 10.1. The third-order valence-corrected chi connectivity index (χ3v) is 4.15. The minimum absolute atomic E-state index is 0.135. The molecule has 0 aromatic heterocycles. The van der Waals surface area contributed by atoms with E-state index >= 15 is 0 Å². The van der Waals surface area contributed by atoms with Crippen molar-refractivity contribution in [1.29, 1.82) is 0 Å². The van der Waals surface area contributed by atoms with Crippen LogP contribution in [0.5, 0.6) is 5.75 Å². The molecule has 3 nitrogen and oxygen atoms in total. The summed E-state index contributed by atoms with van der Waals surface area (Å²) < 4.78 is 5.73. The molecular weight excluding hydrogens is 334 g/mol. The second-order valence-electron chi connectivity index (χ2n) is 5.72. The summed E-state index contributed by atoms with van der Waals surface area (Å²) in [6.07, 6.45) is 0. The molecule has 0 bridgehead atoms. The zero-order chi connectivity index (χ0) is 17.6. The van der Waals surface area contributed by atoms with E-state index in [1.54, 1.807) is 0 Å². The Morgan fingerprint density at radius 2 is 1.64 bits per heavy atom. The highest BCUT2D eigenvalue weighted by Gasteiger charge is 2.06. The van der Waals surface area contributed by atoms with Crippen molar-refractivity contribution in [3.05, 3.63) is 94.5 Å². The number of carbonyl (C=O) groups is 1. The molecule has 4 heteroatoms. The molecule has 126 valence electrons. The molecule has 0 aliphatic heterocycles. The van der Waals surface area contributed by atoms with Crippen LogP contribution < -0.4 is 10.1 Å². The van der Waals surface area contributed by atoms with Crippen LogP contribution in [0.3, 0.4) is 0 Å². The molecule has 0 heterocycles. The molecule has 25 heavy (non-hydrogen) atoms. The van der Waals surface area contributed by atoms with Gasteiger partial charge in [-0.25, -0.2) is 0 Å². The number of anilines is 1. The Hall–Kier alpha value is -2.78. The van der Waals surface area contributed by atoms with E-state index in [-0.39, 0.29) is 5.91 Å². The number of halogens is 1. The van der Waals surface area contributed by atoms with E-state index in [9.17, 15) is 4.79 Å². The fourth-order valence-electron chi connectivity index (χ4n) is 2.32. The lowest BCUT2D eigenvalue weighted by Crippen LogP contribution is -2.11. The number of hydrogen-bond donors (Lipinski definition) is 1. The van der Waals surface area contributed by atoms with Gasteiger partial charge in [-0.3, -0.25) is 4.79 Å². The van der Waals surface area contributed by atoms with Gasteiger partial charge in [0.15, 0.2) is 0 Å². The van der Waals surface area contributed by atoms with Crippen LogP contribution in [-0.4, -0.2) is 5.91 Å². The van der Waals surface area contributed by atoms with Crippen LogP contribution in [0.1, 0.15) is 21.5 Å². The van der Waals surface area contributed by atoms with Gasteiger partial charge in [0, 0.05) is 21.8 Å². The smallest absolute Gasteiger partial charge is 0.255 e. The first-order valence-corrected chi connectivity index (χ1v) is 8.34. The van der Waals surface area contributed by atoms with E-state index in [4.69, 9.17) is 16.3 Å². The summed E-state index contributed by atoms with van der Waals surface area (Å²) in [6, 6.07) is 22.3. The first-order valence-electron chi connectivity index (χ1n) is 7.96. The Kier molecular flexibility index (Phi) is 5.36. The van der Waals surface area contributed by atoms with E-state index in [0.29, 0.717) is 22.9 Å². The molecule has 0 aliphatic carbocycles. The summed E-state index contributed by atoms with van der Waals surface area (Å²) in [4.78, 5) is 12.2. The molecule has 1 N–H and O–H groups in total. The highest BCUT2D eigenvalue weighted by Crippen LogP contribution is 2.20. The predicted molar refractivity (Wildman–Crippen MR) is 101 cm³/mol. The van der Waals surface area contributed by atoms with Gasteiger partial charge in [-0.1, -0.05) is 47.5 Å². The Morgan fingerprint density at radius 1 is 0.960 bits per heavy atom. The van der Waals surface area contributed by atoms with Crippen LogP contribution in [0.25, 0.3) is 0 Å². The Labute approximate surface area is 152 Å². The molecule has 3 aromatic carbocycles. The number of carbonyl (C=O) groups excluding carboxylic acids is 1. The minimum atomic E-state index is -0.135. The molecule has 0 saturated heterocycles. The Balaban J connectivity index is 1.59. The van der Waals surface area contributed by atoms with Gasteiger partial charge in [0.05, 0.1) is 0 Å². The zero-order valence-electron chi connectivity index (χ0n) is 13.8. The summed E-state index contributed by atoms with van der Waals surface area (Å²) in [5.74, 6) is 0.581. The van der Waals surface area contributed by atoms with Crippen molar-refractivity contribution in [3.8, 4) is 5.75 Å². The van der Waals surface area contributed by atoms with Gasteiger partial charge in [0.2, 0.25) is 0 Å². The lowest BCUT2D eigenvalue weighted by molar-refractivity contribution is 0.102. The van der Waals surface area contributed by atoms with Gasteiger partial charge in [-0.15, -0.1) is 0 Å². The standard InChI is InChI=1S/C21H18ClNO2/c1-15-6-8-16(9-7-15)21(24)23-18-10-12-19(13-11-18)25-14-17-4-2-3-5-20(17)22/h2-13H,14H2,1H3,(H,23,24). The molecule has 0 saturated carbocycles. The molecule has 0 fully saturated rings. The van der Waals surface area contributed by atoms with E-state index in [2.05, 4.69) is 5.32 Å². The average Bonchev–Trinajstić information content (AvgIpc) is 2.63. The topological polar surface area (TPSA) is 38.3 Å². The van der Waals surface area contributed by atoms with Crippen molar-refractivity contribution in [3.63, 3.8) is 0 Å². The Bertz CT molecular complexity index is 858. The van der Waals surface area contributed by atoms with E-state index in [0.717, 1.165) is 16.8 Å². The van der Waals surface area contributed by atoms with E-state index < -0.39 is 0 Å². The summed E-state index contributed by atoms with van der Waals surface area (Å²) in [5, 5.41) is 3.56. The average molecular weight is 352 g/mol. The third kappa shape index (κ3) is 4.61. The van der Waals surface area contributed by atoms with Crippen LogP contribution in [0.2, 0.25) is 5.02 Å². The maximum Gasteiger partial charge on any atom is 0.255 e. The van der Waals surface area contributed by atoms with Crippen molar-refractivity contribution in [2.75, 3.05) is 5.32 Å². The number of nitrogens with one attached hydrogen (secondary N) is 1. The molecule has 0 unspecified atom stereocenters. The van der Waals surface area contributed by atoms with E-state index in [1.807, 2.05) is 79.7 Å². The van der Waals surface area contributed by atoms with Gasteiger partial charge < -0.3 is 10.1 Å². The molecule has 3 rings (SSSR count). The number of aryl methyl sites for hydroxylation is 1. The highest BCUT2D eigenvalue weighted by molar-refractivity contribution is 6.31. The molecule has 0 spiro atoms. The monoisotopic (exact) mass is 351 g/mol. The molecule has 3 aromatic rings. The number of hydrogen-bond acceptors (Lipinski definition) is 2. The fourth-order valence-corrected chi connectivity index (χ4v) is 2.51. The van der Waals surface area contributed by atoms with Crippen LogP contribution in [0, 0.1) is 6.92 Å². The number of benzene rings is 3. The van der Waals surface area contributed by atoms with Crippen molar-refractivity contribution in [2.45, 2.75) is 13.5 Å². The first kappa shape index (κ1) is 17.1. The molecule has 0 atom stereocenters. The molecular formula is C21H18ClNO2. The summed E-state index contributed by atoms with van der Waals surface area (Å²) in [5.41, 5.74) is 3.40. The SMILES string of the molecule is Cc1ccc(C(=O)Nc2ccc(OCc3ccccc3Cl)cc2)cc1. The van der Waals surface area contributed by atoms with Crippen LogP contribution in [0.4, 0.5) is 5.69 Å². The van der Waals surface area contributed by atoms with Gasteiger partial charge in [-0.05, 0) is 49.4 Å². The largest absolute Gasteiger partial charge is 0.489 e. The molecule has 1 amide bonds. The van der Waals surface area contributed by atoms with Crippen LogP contribution in [-0.2, 0) is 6.61 Å². The molecule has 0 aliphatic rings. The minimum Gasteiger partial charge on any atom is -0.489 e. The highest BCUT2D eigenvalue weighted by atomic mass is 35.5. The quantitative estimate of drug-likeness (QED) is 0.661. The van der Waals surface area contributed by atoms with Gasteiger partial charge in [-0.2, -0.15) is 0 Å². The third-order valence-electron chi connectivity index (χ3n) is 3.78. The first-order chi connectivity index (χ1) is 12.1. The van der Waals surface area contributed by atoms with Crippen molar-refractivity contribution >= 4 is 23.2 Å². The van der Waals surface area contributed by atoms with Crippen LogP contribution >= 0.6 is 11.6 Å². The predicted octanol–water partition coefficient (Wildman–Crippen LogP) is 5.48. The van der Waals surface area contributed by atoms with Crippen molar-refractivity contribution in [1.82, 2.24) is 0 Å². The maximum atomic E-state index is 12.2. The summed E-state index contributed by atoms with van der Waals surface area (Å²) in [7, 11) is 0. The lowest BCUT2D eigenvalue weighted by Gasteiger charge is -2.09. The van der Waals surface area contributed by atoms with Crippen molar-refractivity contribution < 1.29 is 9.53 Å². The van der Waals surface area contributed by atoms with Gasteiger partial charge in [0.1, 0.15) is 12.4 Å². The number of ether oxygens (including phenoxy) is 1. The van der Waals surface area contributed by atoms with Crippen LogP contribution in [0.15, 0.2) is 72.8 Å². The molecule has 0 radical (unpaired) electrons. The zero-order valence-corrected chi connectivity index (χ0v) is 14.6. The Morgan fingerprint density at radius 3 is 2.32 bits per heavy atom. The number of amides is 1. The second-order valence-corrected chi connectivity index (χ2v) is 6.13. The van der Waals surface area contributed by atoms with Gasteiger partial charge >= 0.3 is 0 Å². The van der Waals surface area contributed by atoms with Gasteiger partial charge in [0.25, 0.3) is 5.91 Å². The summed E-state index contributed by atoms with van der Waals surface area (Å²) >= 11 is 6.11. The second kappa shape index (κ2) is 7.86. The summed E-state index contributed by atoms with van der Waals surface area (Å²) in [6.45, 7) is 2.39. The van der Waals surface area contributed by atoms with Crippen molar-refractivity contribution in [2.24, 2.45) is 0 Å². The maximum absolute atomic E-state index is 12.2. The fraction of sp³-hybridized carbons (Fsp3) is 0.0952. The normalized spacial score (nSPS) is 10.3. The number of rotatable bonds is 5.